The largest absolute Gasteiger partial charge is 0.350 e. The molecule has 3 rings (SSSR count). The van der Waals surface area contributed by atoms with Crippen LogP contribution in [-0.2, 0) is 6.42 Å². The number of nitrogens with zero attached hydrogens (tertiary/aromatic N) is 4. The van der Waals surface area contributed by atoms with E-state index in [-0.39, 0.29) is 11.9 Å². The Morgan fingerprint density at radius 3 is 2.78 bits per heavy atom. The Labute approximate surface area is 133 Å². The molecule has 1 atom stereocenters. The van der Waals surface area contributed by atoms with Crippen molar-refractivity contribution in [2.24, 2.45) is 0 Å². The predicted molar refractivity (Wildman–Crippen MR) is 86.2 cm³/mol. The van der Waals surface area contributed by atoms with E-state index in [1.807, 2.05) is 25.3 Å². The van der Waals surface area contributed by atoms with E-state index in [1.165, 1.54) is 12.3 Å². The maximum absolute atomic E-state index is 13.8. The second-order valence-electron chi connectivity index (χ2n) is 5.26. The Morgan fingerprint density at radius 2 is 2.00 bits per heavy atom. The molecule has 1 aromatic carbocycles. The third-order valence-electron chi connectivity index (χ3n) is 3.35. The molecule has 6 heteroatoms. The third kappa shape index (κ3) is 3.85. The van der Waals surface area contributed by atoms with Crippen molar-refractivity contribution in [3.05, 3.63) is 66.4 Å². The molecule has 0 aliphatic carbocycles. The second kappa shape index (κ2) is 6.91. The molecule has 0 bridgehead atoms. The minimum Gasteiger partial charge on any atom is -0.350 e. The maximum Gasteiger partial charge on any atom is 0.243 e. The zero-order chi connectivity index (χ0) is 16.1. The van der Waals surface area contributed by atoms with Crippen molar-refractivity contribution in [2.75, 3.05) is 5.32 Å². The fourth-order valence-electron chi connectivity index (χ4n) is 2.31. The first-order valence-corrected chi connectivity index (χ1v) is 7.32. The molecule has 0 fully saturated rings. The monoisotopic (exact) mass is 309 g/mol. The summed E-state index contributed by atoms with van der Waals surface area (Å²) in [5.41, 5.74) is 1.98. The number of hydrogen-bond donors (Lipinski definition) is 1. The lowest BCUT2D eigenvalue weighted by molar-refractivity contribution is 0.630. The molecule has 5 nitrogen and oxygen atoms in total. The Morgan fingerprint density at radius 1 is 1.13 bits per heavy atom. The molecule has 0 saturated heterocycles. The first-order valence-electron chi connectivity index (χ1n) is 7.32. The molecule has 1 N–H and O–H groups in total. The van der Waals surface area contributed by atoms with Gasteiger partial charge in [0.1, 0.15) is 5.82 Å². The van der Waals surface area contributed by atoms with Crippen LogP contribution in [0, 0.1) is 5.82 Å². The van der Waals surface area contributed by atoms with Gasteiger partial charge in [-0.2, -0.15) is 5.10 Å². The van der Waals surface area contributed by atoms with Gasteiger partial charge in [-0.1, -0.05) is 18.2 Å². The highest BCUT2D eigenvalue weighted by Gasteiger charge is 2.10. The molecule has 2 heterocycles. The van der Waals surface area contributed by atoms with Gasteiger partial charge in [0.2, 0.25) is 5.95 Å². The molecule has 116 valence electrons. The van der Waals surface area contributed by atoms with Gasteiger partial charge >= 0.3 is 0 Å². The highest BCUT2D eigenvalue weighted by atomic mass is 19.1. The summed E-state index contributed by atoms with van der Waals surface area (Å²) in [7, 11) is 0. The van der Waals surface area contributed by atoms with Crippen LogP contribution in [-0.4, -0.2) is 26.2 Å². The lowest BCUT2D eigenvalue weighted by atomic mass is 10.1. The van der Waals surface area contributed by atoms with Crippen molar-refractivity contribution >= 4 is 5.95 Å². The molecule has 0 unspecified atom stereocenters. The summed E-state index contributed by atoms with van der Waals surface area (Å²) in [6.45, 7) is 2.02. The predicted octanol–water partition coefficient (Wildman–Crippen LogP) is 3.12. The van der Waals surface area contributed by atoms with Crippen LogP contribution in [0.1, 0.15) is 12.5 Å². The van der Waals surface area contributed by atoms with Crippen LogP contribution < -0.4 is 5.32 Å². The Hall–Kier alpha value is -2.89. The van der Waals surface area contributed by atoms with E-state index in [1.54, 1.807) is 24.4 Å². The standard InChI is InChI=1S/C17H16FN5/c1-12(9-13-5-4-8-19-10-13)21-17-22-16(11-20-23-17)14-6-2-3-7-15(14)18/h2-8,10-12H,9H2,1H3,(H,21,22,23)/t12-/m1/s1. The fourth-order valence-corrected chi connectivity index (χ4v) is 2.31. The number of benzene rings is 1. The fraction of sp³-hybridized carbons (Fsp3) is 0.176. The van der Waals surface area contributed by atoms with Gasteiger partial charge in [-0.15, -0.1) is 5.10 Å². The summed E-state index contributed by atoms with van der Waals surface area (Å²) >= 11 is 0. The second-order valence-corrected chi connectivity index (χ2v) is 5.26. The van der Waals surface area contributed by atoms with Crippen LogP contribution in [0.3, 0.4) is 0 Å². The molecule has 0 saturated carbocycles. The Balaban J connectivity index is 1.74. The minimum atomic E-state index is -0.331. The van der Waals surface area contributed by atoms with Crippen LogP contribution in [0.2, 0.25) is 0 Å². The quantitative estimate of drug-likeness (QED) is 0.784. The van der Waals surface area contributed by atoms with E-state index in [2.05, 4.69) is 25.5 Å². The van der Waals surface area contributed by atoms with Crippen LogP contribution >= 0.6 is 0 Å². The average molecular weight is 309 g/mol. The normalized spacial score (nSPS) is 11.9. The van der Waals surface area contributed by atoms with Crippen LogP contribution in [0.5, 0.6) is 0 Å². The molecule has 0 amide bonds. The third-order valence-corrected chi connectivity index (χ3v) is 3.35. The smallest absolute Gasteiger partial charge is 0.243 e. The van der Waals surface area contributed by atoms with E-state index in [4.69, 9.17) is 0 Å². The van der Waals surface area contributed by atoms with Gasteiger partial charge in [0.25, 0.3) is 0 Å². The Kier molecular flexibility index (Phi) is 4.52. The first kappa shape index (κ1) is 15.0. The van der Waals surface area contributed by atoms with E-state index in [0.29, 0.717) is 17.2 Å². The van der Waals surface area contributed by atoms with E-state index < -0.39 is 0 Å². The summed E-state index contributed by atoms with van der Waals surface area (Å²) in [6.07, 6.45) is 5.80. The molecule has 0 radical (unpaired) electrons. The molecule has 0 aliphatic heterocycles. The van der Waals surface area contributed by atoms with Gasteiger partial charge in [0, 0.05) is 24.0 Å². The molecular formula is C17H16FN5. The molecule has 0 aliphatic rings. The van der Waals surface area contributed by atoms with Crippen molar-refractivity contribution in [1.82, 2.24) is 20.2 Å². The zero-order valence-corrected chi connectivity index (χ0v) is 12.6. The summed E-state index contributed by atoms with van der Waals surface area (Å²) in [6, 6.07) is 10.5. The van der Waals surface area contributed by atoms with Gasteiger partial charge in [-0.05, 0) is 37.1 Å². The highest BCUT2D eigenvalue weighted by molar-refractivity contribution is 5.59. The molecule has 2 aromatic heterocycles. The number of halogens is 1. The minimum absolute atomic E-state index is 0.0943. The molecular weight excluding hydrogens is 293 g/mol. The first-order chi connectivity index (χ1) is 11.2. The van der Waals surface area contributed by atoms with Crippen LogP contribution in [0.25, 0.3) is 11.3 Å². The topological polar surface area (TPSA) is 63.6 Å². The van der Waals surface area contributed by atoms with E-state index >= 15 is 0 Å². The maximum atomic E-state index is 13.8. The van der Waals surface area contributed by atoms with Gasteiger partial charge in [0.05, 0.1) is 11.9 Å². The number of nitrogens with one attached hydrogen (secondary N) is 1. The highest BCUT2D eigenvalue weighted by Crippen LogP contribution is 2.20. The zero-order valence-electron chi connectivity index (χ0n) is 12.6. The van der Waals surface area contributed by atoms with Crippen molar-refractivity contribution in [1.29, 1.82) is 0 Å². The summed E-state index contributed by atoms with van der Waals surface area (Å²) in [5.74, 6) is 0.0458. The Bertz CT molecular complexity index is 779. The van der Waals surface area contributed by atoms with Crippen molar-refractivity contribution in [3.8, 4) is 11.3 Å². The number of hydrogen-bond acceptors (Lipinski definition) is 5. The van der Waals surface area contributed by atoms with Crippen molar-refractivity contribution in [2.45, 2.75) is 19.4 Å². The number of rotatable bonds is 5. The number of aromatic nitrogens is 4. The van der Waals surface area contributed by atoms with Crippen LogP contribution in [0.15, 0.2) is 55.0 Å². The molecule has 23 heavy (non-hydrogen) atoms. The van der Waals surface area contributed by atoms with Gasteiger partial charge in [-0.25, -0.2) is 9.37 Å². The summed E-state index contributed by atoms with van der Waals surface area (Å²) < 4.78 is 13.8. The summed E-state index contributed by atoms with van der Waals surface area (Å²) in [5, 5.41) is 11.1. The van der Waals surface area contributed by atoms with Gasteiger partial charge in [0.15, 0.2) is 0 Å². The van der Waals surface area contributed by atoms with E-state index in [0.717, 1.165) is 12.0 Å². The van der Waals surface area contributed by atoms with Crippen molar-refractivity contribution in [3.63, 3.8) is 0 Å². The van der Waals surface area contributed by atoms with Crippen molar-refractivity contribution < 1.29 is 4.39 Å². The molecule has 0 spiro atoms. The van der Waals surface area contributed by atoms with Gasteiger partial charge < -0.3 is 5.32 Å². The summed E-state index contributed by atoms with van der Waals surface area (Å²) in [4.78, 5) is 8.44. The number of pyridine rings is 1. The SMILES string of the molecule is C[C@H](Cc1cccnc1)Nc1nncc(-c2ccccc2F)n1. The lowest BCUT2D eigenvalue weighted by Crippen LogP contribution is -2.20. The number of anilines is 1. The van der Waals surface area contributed by atoms with Crippen LogP contribution in [0.4, 0.5) is 10.3 Å². The lowest BCUT2D eigenvalue weighted by Gasteiger charge is -2.13. The average Bonchev–Trinajstić information content (AvgIpc) is 2.56. The van der Waals surface area contributed by atoms with Gasteiger partial charge in [-0.3, -0.25) is 4.98 Å². The molecule has 3 aromatic rings. The van der Waals surface area contributed by atoms with E-state index in [9.17, 15) is 4.39 Å².